The molecule has 1 amide bonds. The van der Waals surface area contributed by atoms with E-state index >= 15 is 0 Å². The van der Waals surface area contributed by atoms with E-state index in [1.807, 2.05) is 0 Å². The molecule has 180 valence electrons. The molecule has 1 aromatic heterocycles. The number of halogens is 6. The molecule has 1 N–H and O–H groups in total. The number of nitrogens with zero attached hydrogens (tertiary/aromatic N) is 1. The first kappa shape index (κ1) is 25.4. The van der Waals surface area contributed by atoms with Gasteiger partial charge in [0.1, 0.15) is 0 Å². The lowest BCUT2D eigenvalue weighted by atomic mass is 9.95. The van der Waals surface area contributed by atoms with Crippen molar-refractivity contribution >= 4 is 23.5 Å². The van der Waals surface area contributed by atoms with Gasteiger partial charge in [0.2, 0.25) is 5.91 Å². The van der Waals surface area contributed by atoms with Crippen LogP contribution in [0.25, 0.3) is 5.57 Å². The standard InChI is InChI=1S/C25H16F6N2O2/c26-24(27,28)19-8-4-16(5-9-19)21(17-6-10-20(11-7-17)25(29,30)31)2-1-3-23(35)33-22-12-13-32-14-18(22)15-34/h1-15H,(H,32,33,35). The minimum atomic E-state index is -4.55. The maximum absolute atomic E-state index is 12.9. The number of allylic oxidation sites excluding steroid dienone is 2. The number of carbonyl (C=O) groups excluding carboxylic acids is 2. The van der Waals surface area contributed by atoms with Gasteiger partial charge in [0.25, 0.3) is 0 Å². The topological polar surface area (TPSA) is 59.1 Å². The summed E-state index contributed by atoms with van der Waals surface area (Å²) in [5.41, 5.74) is -0.522. The van der Waals surface area contributed by atoms with Gasteiger partial charge in [-0.2, -0.15) is 26.3 Å². The molecular formula is C25H16F6N2O2. The second kappa shape index (κ2) is 10.4. The summed E-state index contributed by atoms with van der Waals surface area (Å²) in [6.07, 6.45) is -2.17. The van der Waals surface area contributed by atoms with Crippen LogP contribution in [0.3, 0.4) is 0 Å². The third-order valence-electron chi connectivity index (χ3n) is 4.79. The van der Waals surface area contributed by atoms with Gasteiger partial charge in [-0.15, -0.1) is 0 Å². The Morgan fingerprint density at radius 3 is 1.77 bits per heavy atom. The van der Waals surface area contributed by atoms with Gasteiger partial charge in [-0.05, 0) is 47.0 Å². The lowest BCUT2D eigenvalue weighted by Crippen LogP contribution is -2.09. The molecule has 3 aromatic rings. The molecule has 0 atom stereocenters. The highest BCUT2D eigenvalue weighted by atomic mass is 19.4. The zero-order valence-electron chi connectivity index (χ0n) is 17.7. The number of hydrogen-bond donors (Lipinski definition) is 1. The van der Waals surface area contributed by atoms with Crippen molar-refractivity contribution in [1.29, 1.82) is 0 Å². The first-order chi connectivity index (χ1) is 16.5. The predicted molar refractivity (Wildman–Crippen MR) is 117 cm³/mol. The minimum Gasteiger partial charge on any atom is -0.322 e. The molecule has 0 saturated heterocycles. The Labute approximate surface area is 195 Å². The van der Waals surface area contributed by atoms with E-state index in [4.69, 9.17) is 0 Å². The number of carbonyl (C=O) groups is 2. The predicted octanol–water partition coefficient (Wildman–Crippen LogP) is 6.56. The summed E-state index contributed by atoms with van der Waals surface area (Å²) in [6, 6.07) is 9.59. The molecule has 2 aromatic carbocycles. The molecule has 10 heteroatoms. The van der Waals surface area contributed by atoms with Crippen molar-refractivity contribution in [2.45, 2.75) is 12.4 Å². The molecule has 35 heavy (non-hydrogen) atoms. The monoisotopic (exact) mass is 490 g/mol. The Morgan fingerprint density at radius 2 is 1.31 bits per heavy atom. The Hall–Kier alpha value is -4.21. The molecule has 0 bridgehead atoms. The molecule has 0 aliphatic rings. The summed E-state index contributed by atoms with van der Waals surface area (Å²) in [5.74, 6) is -0.616. The van der Waals surface area contributed by atoms with Crippen molar-refractivity contribution in [3.8, 4) is 0 Å². The number of anilines is 1. The number of aldehydes is 1. The van der Waals surface area contributed by atoms with Crippen LogP contribution in [0.5, 0.6) is 0 Å². The minimum absolute atomic E-state index is 0.153. The Bertz CT molecular complexity index is 1200. The molecule has 0 radical (unpaired) electrons. The van der Waals surface area contributed by atoms with Crippen LogP contribution in [0.1, 0.15) is 32.6 Å². The second-order valence-corrected chi connectivity index (χ2v) is 7.16. The summed E-state index contributed by atoms with van der Waals surface area (Å²) < 4.78 is 77.5. The fraction of sp³-hybridized carbons (Fsp3) is 0.0800. The van der Waals surface area contributed by atoms with Crippen LogP contribution in [-0.2, 0) is 17.1 Å². The number of pyridine rings is 1. The van der Waals surface area contributed by atoms with Gasteiger partial charge in [-0.1, -0.05) is 36.4 Å². The summed E-state index contributed by atoms with van der Waals surface area (Å²) >= 11 is 0. The van der Waals surface area contributed by atoms with E-state index in [1.54, 1.807) is 0 Å². The smallest absolute Gasteiger partial charge is 0.322 e. The normalized spacial score (nSPS) is 11.8. The summed E-state index contributed by atoms with van der Waals surface area (Å²) in [5, 5.41) is 2.49. The summed E-state index contributed by atoms with van der Waals surface area (Å²) in [4.78, 5) is 27.0. The highest BCUT2D eigenvalue weighted by Gasteiger charge is 2.31. The third-order valence-corrected chi connectivity index (χ3v) is 4.79. The molecule has 4 nitrogen and oxygen atoms in total. The molecule has 0 unspecified atom stereocenters. The Morgan fingerprint density at radius 1 is 0.800 bits per heavy atom. The van der Waals surface area contributed by atoms with Crippen LogP contribution in [0, 0.1) is 0 Å². The summed E-state index contributed by atoms with van der Waals surface area (Å²) in [7, 11) is 0. The van der Waals surface area contributed by atoms with Crippen LogP contribution in [0.15, 0.2) is 85.2 Å². The SMILES string of the molecule is O=Cc1cnccc1NC(=O)C=CC=C(c1ccc(C(F)(F)F)cc1)c1ccc(C(F)(F)F)cc1. The van der Waals surface area contributed by atoms with E-state index < -0.39 is 29.4 Å². The molecule has 3 rings (SSSR count). The van der Waals surface area contributed by atoms with Gasteiger partial charge in [0, 0.05) is 18.5 Å². The molecule has 0 spiro atoms. The van der Waals surface area contributed by atoms with E-state index in [0.717, 1.165) is 30.3 Å². The van der Waals surface area contributed by atoms with Crippen LogP contribution in [-0.4, -0.2) is 17.2 Å². The number of rotatable bonds is 6. The van der Waals surface area contributed by atoms with E-state index in [0.29, 0.717) is 17.4 Å². The zero-order chi connectivity index (χ0) is 25.6. The molecule has 0 aliphatic heterocycles. The number of amides is 1. The summed E-state index contributed by atoms with van der Waals surface area (Å²) in [6.45, 7) is 0. The van der Waals surface area contributed by atoms with Gasteiger partial charge in [-0.3, -0.25) is 14.6 Å². The van der Waals surface area contributed by atoms with Crippen molar-refractivity contribution in [2.24, 2.45) is 0 Å². The number of benzene rings is 2. The number of nitrogens with one attached hydrogen (secondary N) is 1. The fourth-order valence-corrected chi connectivity index (χ4v) is 3.06. The van der Waals surface area contributed by atoms with Gasteiger partial charge in [0.15, 0.2) is 6.29 Å². The van der Waals surface area contributed by atoms with Gasteiger partial charge in [0.05, 0.1) is 22.4 Å². The molecule has 0 saturated carbocycles. The maximum Gasteiger partial charge on any atom is 0.416 e. The fourth-order valence-electron chi connectivity index (χ4n) is 3.06. The lowest BCUT2D eigenvalue weighted by Gasteiger charge is -2.12. The van der Waals surface area contributed by atoms with Crippen LogP contribution >= 0.6 is 0 Å². The lowest BCUT2D eigenvalue weighted by molar-refractivity contribution is -0.138. The number of hydrogen-bond acceptors (Lipinski definition) is 3. The van der Waals surface area contributed by atoms with Gasteiger partial charge < -0.3 is 5.32 Å². The van der Waals surface area contributed by atoms with E-state index in [1.165, 1.54) is 54.9 Å². The second-order valence-electron chi connectivity index (χ2n) is 7.16. The van der Waals surface area contributed by atoms with Crippen LogP contribution in [0.2, 0.25) is 0 Å². The van der Waals surface area contributed by atoms with Crippen molar-refractivity contribution in [2.75, 3.05) is 5.32 Å². The average molecular weight is 490 g/mol. The van der Waals surface area contributed by atoms with E-state index in [-0.39, 0.29) is 16.8 Å². The molecule has 0 fully saturated rings. The number of aromatic nitrogens is 1. The molecule has 1 heterocycles. The van der Waals surface area contributed by atoms with Crippen molar-refractivity contribution in [1.82, 2.24) is 4.98 Å². The van der Waals surface area contributed by atoms with Crippen molar-refractivity contribution < 1.29 is 35.9 Å². The van der Waals surface area contributed by atoms with Gasteiger partial charge >= 0.3 is 12.4 Å². The maximum atomic E-state index is 12.9. The van der Waals surface area contributed by atoms with Crippen LogP contribution in [0.4, 0.5) is 32.0 Å². The first-order valence-electron chi connectivity index (χ1n) is 9.93. The first-order valence-corrected chi connectivity index (χ1v) is 9.93. The Kier molecular flexibility index (Phi) is 7.53. The van der Waals surface area contributed by atoms with E-state index in [9.17, 15) is 35.9 Å². The average Bonchev–Trinajstić information content (AvgIpc) is 2.81. The van der Waals surface area contributed by atoms with Crippen LogP contribution < -0.4 is 5.32 Å². The quantitative estimate of drug-likeness (QED) is 0.184. The largest absolute Gasteiger partial charge is 0.416 e. The van der Waals surface area contributed by atoms with E-state index in [2.05, 4.69) is 10.3 Å². The zero-order valence-corrected chi connectivity index (χ0v) is 17.7. The highest BCUT2D eigenvalue weighted by Crippen LogP contribution is 2.33. The Balaban J connectivity index is 1.93. The highest BCUT2D eigenvalue weighted by molar-refractivity contribution is 6.02. The van der Waals surface area contributed by atoms with Crippen molar-refractivity contribution in [3.63, 3.8) is 0 Å². The molecular weight excluding hydrogens is 474 g/mol. The third kappa shape index (κ3) is 6.66. The number of alkyl halides is 6. The molecule has 0 aliphatic carbocycles. The van der Waals surface area contributed by atoms with Gasteiger partial charge in [-0.25, -0.2) is 0 Å². The van der Waals surface area contributed by atoms with Crippen molar-refractivity contribution in [3.05, 3.63) is 113 Å².